The second-order valence-electron chi connectivity index (χ2n) is 9.68. The van der Waals surface area contributed by atoms with E-state index in [0.717, 1.165) is 0 Å². The van der Waals surface area contributed by atoms with Gasteiger partial charge < -0.3 is 19.7 Å². The molecule has 1 unspecified atom stereocenters. The fraction of sp³-hybridized carbons (Fsp3) is 0.310. The number of rotatable bonds is 8. The third kappa shape index (κ3) is 7.57. The van der Waals surface area contributed by atoms with Crippen molar-refractivity contribution in [2.24, 2.45) is 4.99 Å². The molecule has 0 bridgehead atoms. The molecule has 2 aliphatic rings. The van der Waals surface area contributed by atoms with Gasteiger partial charge in [-0.05, 0) is 49.2 Å². The Balaban J connectivity index is 1.92. The van der Waals surface area contributed by atoms with Crippen molar-refractivity contribution in [2.75, 3.05) is 32.0 Å². The fourth-order valence-corrected chi connectivity index (χ4v) is 4.34. The summed E-state index contributed by atoms with van der Waals surface area (Å²) in [7, 11) is 1.60. The number of nitrogens with zero attached hydrogens (tertiary/aromatic N) is 2. The number of anilines is 1. The molecule has 1 aliphatic carbocycles. The number of aliphatic hydroxyl groups is 1. The van der Waals surface area contributed by atoms with E-state index in [9.17, 15) is 36.2 Å². The molecule has 0 fully saturated rings. The molecule has 41 heavy (non-hydrogen) atoms. The maximum atomic E-state index is 13.5. The first kappa shape index (κ1) is 29.9. The number of carbonyl (C=O) groups is 1. The molecule has 0 radical (unpaired) electrons. The second-order valence-corrected chi connectivity index (χ2v) is 9.68. The van der Waals surface area contributed by atoms with Crippen LogP contribution in [0.2, 0.25) is 0 Å². The summed E-state index contributed by atoms with van der Waals surface area (Å²) < 4.78 is 82.7. The number of alkyl halides is 6. The monoisotopic (exact) mass is 579 g/mol. The lowest BCUT2D eigenvalue weighted by atomic mass is 9.90. The van der Waals surface area contributed by atoms with Crippen LogP contribution in [0.25, 0.3) is 33.4 Å². The first-order chi connectivity index (χ1) is 19.2. The van der Waals surface area contributed by atoms with Gasteiger partial charge in [-0.3, -0.25) is 9.79 Å². The lowest BCUT2D eigenvalue weighted by Crippen LogP contribution is -2.29. The van der Waals surface area contributed by atoms with E-state index >= 15 is 0 Å². The van der Waals surface area contributed by atoms with Gasteiger partial charge in [-0.15, -0.1) is 0 Å². The van der Waals surface area contributed by atoms with Crippen molar-refractivity contribution < 1.29 is 40.7 Å². The van der Waals surface area contributed by atoms with Crippen molar-refractivity contribution in [3.8, 4) is 22.5 Å². The molecule has 2 aromatic rings. The third-order valence-corrected chi connectivity index (χ3v) is 6.30. The molecule has 2 aromatic carbocycles. The lowest BCUT2D eigenvalue weighted by Gasteiger charge is -2.22. The van der Waals surface area contributed by atoms with E-state index in [-0.39, 0.29) is 34.8 Å². The highest BCUT2D eigenvalue weighted by Crippen LogP contribution is 2.42. The zero-order valence-electron chi connectivity index (χ0n) is 22.1. The fourth-order valence-electron chi connectivity index (χ4n) is 4.34. The number of halogens is 6. The van der Waals surface area contributed by atoms with Crippen molar-refractivity contribution in [1.82, 2.24) is 4.90 Å². The van der Waals surface area contributed by atoms with Crippen LogP contribution in [0.5, 0.6) is 0 Å². The number of fused-ring (bicyclic) bond motifs is 2. The Morgan fingerprint density at radius 1 is 1.00 bits per heavy atom. The van der Waals surface area contributed by atoms with Crippen molar-refractivity contribution >= 4 is 22.6 Å². The standard InChI is InChI=1S/C29H27F6N3O3/c1-17(39)11-12-38(2)27(40)21-6-4-3-5-20(21)26-22-9-7-18(36-15-28(30,31)32)13-24(22)41-25-14-19(8-10-23(25)26)37-16-29(33,34)35/h3-10,13-14,17,36,39H,11-12,15-16H2,1-2H3. The highest BCUT2D eigenvalue weighted by Gasteiger charge is 2.28. The predicted octanol–water partition coefficient (Wildman–Crippen LogP) is 6.48. The van der Waals surface area contributed by atoms with Gasteiger partial charge in [0.25, 0.3) is 5.91 Å². The second kappa shape index (κ2) is 11.8. The number of amides is 1. The molecule has 0 spiro atoms. The summed E-state index contributed by atoms with van der Waals surface area (Å²) in [5.74, 6) is -0.197. The Morgan fingerprint density at radius 2 is 1.73 bits per heavy atom. The Kier molecular flexibility index (Phi) is 8.62. The zero-order chi connectivity index (χ0) is 29.9. The van der Waals surface area contributed by atoms with E-state index in [1.54, 1.807) is 44.3 Å². The molecule has 0 saturated carbocycles. The highest BCUT2D eigenvalue weighted by atomic mass is 19.4. The Hall–Kier alpha value is -4.06. The minimum atomic E-state index is -4.52. The summed E-state index contributed by atoms with van der Waals surface area (Å²) in [4.78, 5) is 18.5. The van der Waals surface area contributed by atoms with Gasteiger partial charge in [-0.2, -0.15) is 26.3 Å². The number of hydrogen-bond donors (Lipinski definition) is 2. The van der Waals surface area contributed by atoms with Crippen molar-refractivity contribution in [1.29, 1.82) is 0 Å². The summed E-state index contributed by atoms with van der Waals surface area (Å²) in [6.45, 7) is -0.782. The molecule has 1 aliphatic heterocycles. The van der Waals surface area contributed by atoms with E-state index in [4.69, 9.17) is 4.42 Å². The van der Waals surface area contributed by atoms with Crippen LogP contribution >= 0.6 is 0 Å². The topological polar surface area (TPSA) is 78.1 Å². The summed E-state index contributed by atoms with van der Waals surface area (Å²) in [5.41, 5.74) is 2.05. The molecule has 0 saturated heterocycles. The van der Waals surface area contributed by atoms with Gasteiger partial charge in [-0.25, -0.2) is 0 Å². The zero-order valence-corrected chi connectivity index (χ0v) is 22.1. The van der Waals surface area contributed by atoms with Crippen LogP contribution in [0.4, 0.5) is 32.0 Å². The maximum Gasteiger partial charge on any atom is 0.407 e. The number of nitrogens with one attached hydrogen (secondary N) is 1. The SMILES string of the molecule is CC(O)CCN(C)C(=O)c1ccccc1-c1c2ccc(=NCC(F)(F)F)cc-2oc2cc(NCC(F)(F)F)ccc12. The van der Waals surface area contributed by atoms with Gasteiger partial charge in [-0.1, -0.05) is 18.2 Å². The van der Waals surface area contributed by atoms with Crippen LogP contribution in [0.1, 0.15) is 23.7 Å². The van der Waals surface area contributed by atoms with Crippen molar-refractivity contribution in [3.63, 3.8) is 0 Å². The van der Waals surface area contributed by atoms with Gasteiger partial charge in [0.1, 0.15) is 24.4 Å². The van der Waals surface area contributed by atoms with E-state index in [0.29, 0.717) is 34.1 Å². The maximum absolute atomic E-state index is 13.5. The summed E-state index contributed by atoms with van der Waals surface area (Å²) in [6, 6.07) is 15.4. The van der Waals surface area contributed by atoms with E-state index < -0.39 is 31.5 Å². The minimum Gasteiger partial charge on any atom is -0.456 e. The van der Waals surface area contributed by atoms with Crippen molar-refractivity contribution in [3.05, 3.63) is 71.6 Å². The molecule has 6 nitrogen and oxygen atoms in total. The van der Waals surface area contributed by atoms with Gasteiger partial charge in [0, 0.05) is 53.5 Å². The van der Waals surface area contributed by atoms with Crippen LogP contribution in [0.15, 0.2) is 70.1 Å². The van der Waals surface area contributed by atoms with E-state index in [1.807, 2.05) is 0 Å². The van der Waals surface area contributed by atoms with Crippen LogP contribution in [0.3, 0.4) is 0 Å². The average Bonchev–Trinajstić information content (AvgIpc) is 2.91. The predicted molar refractivity (Wildman–Crippen MR) is 143 cm³/mol. The largest absolute Gasteiger partial charge is 0.456 e. The average molecular weight is 580 g/mol. The molecule has 0 aromatic heterocycles. The third-order valence-electron chi connectivity index (χ3n) is 6.30. The summed E-state index contributed by atoms with van der Waals surface area (Å²) in [5, 5.41) is 12.4. The summed E-state index contributed by atoms with van der Waals surface area (Å²) >= 11 is 0. The molecule has 12 heteroatoms. The number of carbonyl (C=O) groups excluding carboxylic acids is 1. The van der Waals surface area contributed by atoms with Gasteiger partial charge in [0.05, 0.1) is 11.5 Å². The molecular formula is C29H27F6N3O3. The minimum absolute atomic E-state index is 0.00237. The first-order valence-corrected chi connectivity index (χ1v) is 12.6. The molecule has 1 atom stereocenters. The quantitative estimate of drug-likeness (QED) is 0.185. The Bertz CT molecular complexity index is 1580. The van der Waals surface area contributed by atoms with Gasteiger partial charge >= 0.3 is 12.4 Å². The van der Waals surface area contributed by atoms with Gasteiger partial charge in [0.2, 0.25) is 0 Å². The van der Waals surface area contributed by atoms with E-state index in [2.05, 4.69) is 10.3 Å². The normalized spacial score (nSPS) is 13.5. The number of hydrogen-bond acceptors (Lipinski definition) is 5. The number of benzene rings is 3. The molecule has 218 valence electrons. The van der Waals surface area contributed by atoms with Crippen LogP contribution in [-0.4, -0.2) is 61.1 Å². The highest BCUT2D eigenvalue weighted by molar-refractivity contribution is 6.09. The van der Waals surface area contributed by atoms with Crippen LogP contribution in [-0.2, 0) is 0 Å². The molecular weight excluding hydrogens is 552 g/mol. The van der Waals surface area contributed by atoms with Gasteiger partial charge in [0.15, 0.2) is 0 Å². The lowest BCUT2D eigenvalue weighted by molar-refractivity contribution is -0.118. The Morgan fingerprint density at radius 3 is 2.41 bits per heavy atom. The molecule has 1 amide bonds. The van der Waals surface area contributed by atoms with Crippen LogP contribution in [0, 0.1) is 0 Å². The smallest absolute Gasteiger partial charge is 0.407 e. The van der Waals surface area contributed by atoms with Crippen molar-refractivity contribution in [2.45, 2.75) is 31.8 Å². The van der Waals surface area contributed by atoms with E-state index in [1.165, 1.54) is 35.2 Å². The molecule has 2 N–H and O–H groups in total. The first-order valence-electron chi connectivity index (χ1n) is 12.6. The molecule has 4 rings (SSSR count). The molecule has 1 heterocycles. The Labute approximate surface area is 231 Å². The number of aliphatic hydroxyl groups excluding tert-OH is 1. The van der Waals surface area contributed by atoms with Crippen LogP contribution < -0.4 is 10.7 Å². The summed E-state index contributed by atoms with van der Waals surface area (Å²) in [6.07, 6.45) is -9.23.